The monoisotopic (exact) mass is 451 g/mol. The summed E-state index contributed by atoms with van der Waals surface area (Å²) in [6.45, 7) is 8.31. The van der Waals surface area contributed by atoms with Gasteiger partial charge in [-0.15, -0.1) is 5.10 Å². The van der Waals surface area contributed by atoms with Crippen LogP contribution in [-0.2, 0) is 6.54 Å². The van der Waals surface area contributed by atoms with Gasteiger partial charge in [0.25, 0.3) is 0 Å². The fourth-order valence-corrected chi connectivity index (χ4v) is 4.35. The fraction of sp³-hybridized carbons (Fsp3) is 0.480. The minimum absolute atomic E-state index is 0.0499. The number of tetrazole rings is 1. The second-order valence-corrected chi connectivity index (χ2v) is 9.31. The lowest BCUT2D eigenvalue weighted by molar-refractivity contribution is 0.199. The Labute approximate surface area is 195 Å². The van der Waals surface area contributed by atoms with Gasteiger partial charge in [0.15, 0.2) is 5.82 Å². The molecule has 2 heterocycles. The van der Waals surface area contributed by atoms with Gasteiger partial charge in [-0.05, 0) is 52.6 Å². The first kappa shape index (κ1) is 23.2. The van der Waals surface area contributed by atoms with Crippen LogP contribution >= 0.6 is 0 Å². The van der Waals surface area contributed by atoms with Crippen LogP contribution in [0.25, 0.3) is 0 Å². The summed E-state index contributed by atoms with van der Waals surface area (Å²) in [6.07, 6.45) is 1.02. The molecule has 0 bridgehead atoms. The first-order chi connectivity index (χ1) is 15.9. The Morgan fingerprint density at radius 2 is 1.67 bits per heavy atom. The van der Waals surface area contributed by atoms with Crippen LogP contribution in [0.3, 0.4) is 0 Å². The molecule has 0 N–H and O–H groups in total. The number of benzene rings is 2. The number of halogens is 1. The van der Waals surface area contributed by atoms with Crippen molar-refractivity contribution in [3.8, 4) is 0 Å². The SMILES string of the molecule is CC(C)CCn1nnnc1C(c1ccc(N(C)C)cc1)N1CCN(c2ccccc2F)CC1. The summed E-state index contributed by atoms with van der Waals surface area (Å²) in [7, 11) is 4.09. The van der Waals surface area contributed by atoms with Crippen LogP contribution in [0.2, 0.25) is 0 Å². The lowest BCUT2D eigenvalue weighted by Crippen LogP contribution is -2.48. The second kappa shape index (κ2) is 10.3. The maximum absolute atomic E-state index is 14.3. The molecule has 4 rings (SSSR count). The molecule has 0 radical (unpaired) electrons. The first-order valence-electron chi connectivity index (χ1n) is 11.7. The summed E-state index contributed by atoms with van der Waals surface area (Å²) < 4.78 is 16.3. The number of para-hydroxylation sites is 1. The van der Waals surface area contributed by atoms with Crippen molar-refractivity contribution in [1.29, 1.82) is 0 Å². The van der Waals surface area contributed by atoms with E-state index in [1.165, 1.54) is 11.6 Å². The van der Waals surface area contributed by atoms with Gasteiger partial charge in [0.1, 0.15) is 5.82 Å². The largest absolute Gasteiger partial charge is 0.378 e. The molecule has 0 saturated carbocycles. The molecule has 33 heavy (non-hydrogen) atoms. The molecule has 0 aliphatic carbocycles. The van der Waals surface area contributed by atoms with Crippen molar-refractivity contribution in [2.75, 3.05) is 50.1 Å². The zero-order valence-electron chi connectivity index (χ0n) is 20.0. The van der Waals surface area contributed by atoms with E-state index in [4.69, 9.17) is 0 Å². The number of rotatable bonds is 8. The molecular formula is C25H34FN7. The van der Waals surface area contributed by atoms with Gasteiger partial charge in [-0.1, -0.05) is 38.1 Å². The fourth-order valence-electron chi connectivity index (χ4n) is 4.35. The van der Waals surface area contributed by atoms with Crippen molar-refractivity contribution in [2.45, 2.75) is 32.9 Å². The van der Waals surface area contributed by atoms with E-state index in [0.29, 0.717) is 11.6 Å². The summed E-state index contributed by atoms with van der Waals surface area (Å²) in [4.78, 5) is 6.64. The molecule has 1 aliphatic rings. The van der Waals surface area contributed by atoms with Crippen LogP contribution in [0.5, 0.6) is 0 Å². The zero-order chi connectivity index (χ0) is 23.4. The summed E-state index contributed by atoms with van der Waals surface area (Å²) in [5.41, 5.74) is 2.99. The van der Waals surface area contributed by atoms with E-state index in [1.54, 1.807) is 6.07 Å². The standard InChI is InChI=1S/C25H34FN7/c1-19(2)13-14-33-25(27-28-29-33)24(20-9-11-21(12-10-20)30(3)4)32-17-15-31(16-18-32)23-8-6-5-7-22(23)26/h5-12,19,24H,13-18H2,1-4H3. The minimum atomic E-state index is -0.167. The summed E-state index contributed by atoms with van der Waals surface area (Å²) in [6, 6.07) is 15.6. The highest BCUT2D eigenvalue weighted by Gasteiger charge is 2.31. The molecule has 1 fully saturated rings. The number of anilines is 2. The van der Waals surface area contributed by atoms with Gasteiger partial charge in [0.2, 0.25) is 0 Å². The van der Waals surface area contributed by atoms with Gasteiger partial charge < -0.3 is 9.80 Å². The van der Waals surface area contributed by atoms with E-state index in [9.17, 15) is 4.39 Å². The molecule has 1 atom stereocenters. The van der Waals surface area contributed by atoms with E-state index in [1.807, 2.05) is 30.9 Å². The molecule has 176 valence electrons. The maximum atomic E-state index is 14.3. The minimum Gasteiger partial charge on any atom is -0.378 e. The number of aryl methyl sites for hydroxylation is 1. The van der Waals surface area contributed by atoms with Crippen molar-refractivity contribution in [3.05, 3.63) is 65.7 Å². The van der Waals surface area contributed by atoms with Gasteiger partial charge in [0, 0.05) is 52.5 Å². The molecule has 2 aromatic carbocycles. The lowest BCUT2D eigenvalue weighted by Gasteiger charge is -2.40. The second-order valence-electron chi connectivity index (χ2n) is 9.31. The molecule has 0 amide bonds. The molecule has 7 nitrogen and oxygen atoms in total. The topological polar surface area (TPSA) is 53.3 Å². The normalized spacial score (nSPS) is 15.8. The highest BCUT2D eigenvalue weighted by atomic mass is 19.1. The highest BCUT2D eigenvalue weighted by Crippen LogP contribution is 2.31. The average molecular weight is 452 g/mol. The van der Waals surface area contributed by atoms with Crippen molar-refractivity contribution >= 4 is 11.4 Å². The molecule has 1 saturated heterocycles. The summed E-state index contributed by atoms with van der Waals surface area (Å²) >= 11 is 0. The van der Waals surface area contributed by atoms with E-state index in [0.717, 1.165) is 50.7 Å². The zero-order valence-corrected chi connectivity index (χ0v) is 20.0. The molecule has 8 heteroatoms. The number of hydrogen-bond donors (Lipinski definition) is 0. The predicted molar refractivity (Wildman–Crippen MR) is 130 cm³/mol. The summed E-state index contributed by atoms with van der Waals surface area (Å²) in [5, 5.41) is 12.8. The van der Waals surface area contributed by atoms with Gasteiger partial charge in [0.05, 0.1) is 11.7 Å². The van der Waals surface area contributed by atoms with Crippen LogP contribution in [-0.4, -0.2) is 65.4 Å². The van der Waals surface area contributed by atoms with Crippen LogP contribution in [0, 0.1) is 11.7 Å². The molecule has 3 aromatic rings. The number of hydrogen-bond acceptors (Lipinski definition) is 6. The van der Waals surface area contributed by atoms with E-state index in [-0.39, 0.29) is 11.9 Å². The molecule has 1 unspecified atom stereocenters. The van der Waals surface area contributed by atoms with Crippen molar-refractivity contribution in [2.24, 2.45) is 5.92 Å². The average Bonchev–Trinajstić information content (AvgIpc) is 3.27. The number of nitrogens with zero attached hydrogens (tertiary/aromatic N) is 7. The van der Waals surface area contributed by atoms with Crippen LogP contribution in [0.1, 0.15) is 37.7 Å². The molecular weight excluding hydrogens is 417 g/mol. The Morgan fingerprint density at radius 1 is 0.970 bits per heavy atom. The van der Waals surface area contributed by atoms with Gasteiger partial charge in [-0.3, -0.25) is 4.90 Å². The van der Waals surface area contributed by atoms with E-state index < -0.39 is 0 Å². The predicted octanol–water partition coefficient (Wildman–Crippen LogP) is 3.84. The smallest absolute Gasteiger partial charge is 0.173 e. The third-order valence-electron chi connectivity index (χ3n) is 6.32. The number of aromatic nitrogens is 4. The van der Waals surface area contributed by atoms with Gasteiger partial charge in [-0.25, -0.2) is 9.07 Å². The molecule has 0 spiro atoms. The number of piperazine rings is 1. The Balaban J connectivity index is 1.60. The first-order valence-corrected chi connectivity index (χ1v) is 11.7. The van der Waals surface area contributed by atoms with Crippen LogP contribution in [0.4, 0.5) is 15.8 Å². The highest BCUT2D eigenvalue weighted by molar-refractivity contribution is 5.49. The quantitative estimate of drug-likeness (QED) is 0.519. The van der Waals surface area contributed by atoms with Crippen LogP contribution in [0.15, 0.2) is 48.5 Å². The van der Waals surface area contributed by atoms with Crippen molar-refractivity contribution in [1.82, 2.24) is 25.1 Å². The lowest BCUT2D eigenvalue weighted by atomic mass is 10.0. The Morgan fingerprint density at radius 3 is 2.30 bits per heavy atom. The van der Waals surface area contributed by atoms with Gasteiger partial charge >= 0.3 is 0 Å². The molecule has 1 aliphatic heterocycles. The van der Waals surface area contributed by atoms with Gasteiger partial charge in [-0.2, -0.15) is 0 Å². The Bertz CT molecular complexity index is 1020. The van der Waals surface area contributed by atoms with E-state index >= 15 is 0 Å². The van der Waals surface area contributed by atoms with Crippen LogP contribution < -0.4 is 9.80 Å². The Hall–Kier alpha value is -3.00. The molecule has 1 aromatic heterocycles. The van der Waals surface area contributed by atoms with E-state index in [2.05, 4.69) is 68.3 Å². The third-order valence-corrected chi connectivity index (χ3v) is 6.32. The Kier molecular flexibility index (Phi) is 7.23. The third kappa shape index (κ3) is 5.33. The maximum Gasteiger partial charge on any atom is 0.173 e. The summed E-state index contributed by atoms with van der Waals surface area (Å²) in [5.74, 6) is 1.27. The van der Waals surface area contributed by atoms with Crippen molar-refractivity contribution < 1.29 is 4.39 Å². The van der Waals surface area contributed by atoms with Crippen molar-refractivity contribution in [3.63, 3.8) is 0 Å².